The van der Waals surface area contributed by atoms with Crippen molar-refractivity contribution >= 4 is 34.2 Å². The number of aromatic amines is 1. The van der Waals surface area contributed by atoms with Crippen molar-refractivity contribution in [2.24, 2.45) is 5.92 Å². The lowest BCUT2D eigenvalue weighted by molar-refractivity contribution is 0.401. The van der Waals surface area contributed by atoms with Crippen LogP contribution >= 0.6 is 11.6 Å². The molecule has 0 spiro atoms. The normalized spacial score (nSPS) is 15.7. The van der Waals surface area contributed by atoms with Crippen molar-refractivity contribution < 1.29 is 8.78 Å². The van der Waals surface area contributed by atoms with Gasteiger partial charge in [-0.3, -0.25) is 5.10 Å². The highest BCUT2D eigenvalue weighted by Gasteiger charge is 2.25. The number of aromatic nitrogens is 2. The van der Waals surface area contributed by atoms with Gasteiger partial charge in [-0.15, -0.1) is 0 Å². The van der Waals surface area contributed by atoms with Crippen LogP contribution in [0.15, 0.2) is 36.4 Å². The van der Waals surface area contributed by atoms with E-state index in [9.17, 15) is 8.78 Å². The third-order valence-electron chi connectivity index (χ3n) is 4.67. The van der Waals surface area contributed by atoms with Crippen LogP contribution in [0.1, 0.15) is 30.4 Å². The molecule has 0 unspecified atom stereocenters. The van der Waals surface area contributed by atoms with E-state index in [2.05, 4.69) is 10.2 Å². The SMILES string of the molecule is Fc1ccc(/C(=C/c2cccc3n[nH]c(F)c23)C2CCC2)c(Cl)c1. The Morgan fingerprint density at radius 2 is 2.04 bits per heavy atom. The fraction of sp³-hybridized carbons (Fsp3) is 0.211. The van der Waals surface area contributed by atoms with Gasteiger partial charge in [0.15, 0.2) is 0 Å². The summed E-state index contributed by atoms with van der Waals surface area (Å²) in [5.41, 5.74) is 3.17. The van der Waals surface area contributed by atoms with Crippen LogP contribution in [0.25, 0.3) is 22.6 Å². The van der Waals surface area contributed by atoms with E-state index in [1.807, 2.05) is 18.2 Å². The number of hydrogen-bond acceptors (Lipinski definition) is 1. The minimum atomic E-state index is -0.449. The van der Waals surface area contributed by atoms with Crippen LogP contribution in [0.3, 0.4) is 0 Å². The maximum Gasteiger partial charge on any atom is 0.217 e. The highest BCUT2D eigenvalue weighted by atomic mass is 35.5. The molecule has 1 saturated carbocycles. The van der Waals surface area contributed by atoms with E-state index in [0.717, 1.165) is 36.0 Å². The lowest BCUT2D eigenvalue weighted by Gasteiger charge is -2.29. The van der Waals surface area contributed by atoms with Gasteiger partial charge in [0.1, 0.15) is 5.82 Å². The molecule has 3 aromatic rings. The molecule has 1 aliphatic rings. The molecule has 2 nitrogen and oxygen atoms in total. The average molecular weight is 345 g/mol. The molecule has 0 amide bonds. The first-order chi connectivity index (χ1) is 11.6. The Bertz CT molecular complexity index is 942. The summed E-state index contributed by atoms with van der Waals surface area (Å²) in [5, 5.41) is 7.19. The maximum absolute atomic E-state index is 14.1. The molecule has 122 valence electrons. The van der Waals surface area contributed by atoms with Gasteiger partial charge in [0.05, 0.1) is 15.9 Å². The van der Waals surface area contributed by atoms with Crippen molar-refractivity contribution in [2.45, 2.75) is 19.3 Å². The van der Waals surface area contributed by atoms with E-state index in [1.54, 1.807) is 12.1 Å². The number of nitrogens with zero attached hydrogens (tertiary/aromatic N) is 1. The summed E-state index contributed by atoms with van der Waals surface area (Å²) in [5.74, 6) is -0.451. The molecule has 0 bridgehead atoms. The van der Waals surface area contributed by atoms with E-state index >= 15 is 0 Å². The maximum atomic E-state index is 14.1. The summed E-state index contributed by atoms with van der Waals surface area (Å²) in [4.78, 5) is 0. The Morgan fingerprint density at radius 1 is 1.21 bits per heavy atom. The first kappa shape index (κ1) is 15.3. The van der Waals surface area contributed by atoms with Crippen molar-refractivity contribution in [3.05, 3.63) is 64.3 Å². The quantitative estimate of drug-likeness (QED) is 0.594. The van der Waals surface area contributed by atoms with E-state index in [0.29, 0.717) is 21.8 Å². The number of halogens is 3. The second-order valence-electron chi connectivity index (χ2n) is 6.13. The predicted octanol–water partition coefficient (Wildman–Crippen LogP) is 5.84. The number of rotatable bonds is 3. The highest BCUT2D eigenvalue weighted by molar-refractivity contribution is 6.32. The Labute approximate surface area is 143 Å². The number of benzene rings is 2. The van der Waals surface area contributed by atoms with E-state index in [1.165, 1.54) is 12.1 Å². The van der Waals surface area contributed by atoms with Crippen molar-refractivity contribution in [3.63, 3.8) is 0 Å². The predicted molar refractivity (Wildman–Crippen MR) is 92.7 cm³/mol. The Morgan fingerprint density at radius 3 is 2.75 bits per heavy atom. The third kappa shape index (κ3) is 2.61. The lowest BCUT2D eigenvalue weighted by atomic mass is 9.76. The van der Waals surface area contributed by atoms with Crippen LogP contribution in [0.2, 0.25) is 5.02 Å². The number of nitrogens with one attached hydrogen (secondary N) is 1. The molecular weight excluding hydrogens is 330 g/mol. The Balaban J connectivity index is 1.89. The van der Waals surface area contributed by atoms with Crippen molar-refractivity contribution in [1.29, 1.82) is 0 Å². The smallest absolute Gasteiger partial charge is 0.217 e. The summed E-state index contributed by atoms with van der Waals surface area (Å²) in [6, 6.07) is 9.90. The average Bonchev–Trinajstić information content (AvgIpc) is 2.87. The number of hydrogen-bond donors (Lipinski definition) is 1. The highest BCUT2D eigenvalue weighted by Crippen LogP contribution is 2.42. The van der Waals surface area contributed by atoms with Crippen molar-refractivity contribution in [1.82, 2.24) is 10.2 Å². The summed E-state index contributed by atoms with van der Waals surface area (Å²) < 4.78 is 27.5. The van der Waals surface area contributed by atoms with Crippen LogP contribution in [0, 0.1) is 17.7 Å². The third-order valence-corrected chi connectivity index (χ3v) is 4.98. The zero-order valence-electron chi connectivity index (χ0n) is 12.8. The minimum absolute atomic E-state index is 0.359. The van der Waals surface area contributed by atoms with E-state index < -0.39 is 5.95 Å². The minimum Gasteiger partial charge on any atom is -0.252 e. The first-order valence-corrected chi connectivity index (χ1v) is 8.31. The van der Waals surface area contributed by atoms with Gasteiger partial charge in [0, 0.05) is 0 Å². The molecule has 0 atom stereocenters. The molecule has 1 N–H and O–H groups in total. The van der Waals surface area contributed by atoms with Gasteiger partial charge in [-0.1, -0.05) is 36.2 Å². The summed E-state index contributed by atoms with van der Waals surface area (Å²) in [7, 11) is 0. The topological polar surface area (TPSA) is 28.7 Å². The largest absolute Gasteiger partial charge is 0.252 e. The van der Waals surface area contributed by atoms with E-state index in [-0.39, 0.29) is 5.82 Å². The van der Waals surface area contributed by atoms with Crippen LogP contribution in [-0.4, -0.2) is 10.2 Å². The van der Waals surface area contributed by atoms with Gasteiger partial charge in [-0.05, 0) is 59.7 Å². The zero-order valence-corrected chi connectivity index (χ0v) is 13.6. The number of H-pyrrole nitrogens is 1. The molecule has 5 heteroatoms. The molecule has 0 saturated heterocycles. The molecule has 1 fully saturated rings. The van der Waals surface area contributed by atoms with Gasteiger partial charge in [0.25, 0.3) is 0 Å². The van der Waals surface area contributed by atoms with Crippen LogP contribution in [0.4, 0.5) is 8.78 Å². The lowest BCUT2D eigenvalue weighted by Crippen LogP contribution is -2.13. The fourth-order valence-electron chi connectivity index (χ4n) is 3.20. The van der Waals surface area contributed by atoms with Gasteiger partial charge >= 0.3 is 0 Å². The molecule has 1 aromatic heterocycles. The second kappa shape index (κ2) is 6.02. The monoisotopic (exact) mass is 344 g/mol. The summed E-state index contributed by atoms with van der Waals surface area (Å²) in [6.45, 7) is 0. The summed E-state index contributed by atoms with van der Waals surface area (Å²) in [6.07, 6.45) is 5.24. The zero-order chi connectivity index (χ0) is 16.7. The van der Waals surface area contributed by atoms with Crippen molar-refractivity contribution in [2.75, 3.05) is 0 Å². The van der Waals surface area contributed by atoms with Gasteiger partial charge in [0.2, 0.25) is 5.95 Å². The molecule has 1 aliphatic carbocycles. The van der Waals surface area contributed by atoms with Crippen molar-refractivity contribution in [3.8, 4) is 0 Å². The molecule has 0 aliphatic heterocycles. The van der Waals surface area contributed by atoms with Gasteiger partial charge < -0.3 is 0 Å². The molecule has 2 aromatic carbocycles. The first-order valence-electron chi connectivity index (χ1n) is 7.93. The molecular formula is C19H15ClF2N2. The number of fused-ring (bicyclic) bond motifs is 1. The fourth-order valence-corrected chi connectivity index (χ4v) is 3.48. The van der Waals surface area contributed by atoms with Gasteiger partial charge in [-0.25, -0.2) is 4.39 Å². The molecule has 1 heterocycles. The standard InChI is InChI=1S/C19H15ClF2N2/c20-16-10-13(21)7-8-14(16)15(11-3-1-4-11)9-12-5-2-6-17-18(12)19(22)24-23-17/h2,5-11H,1,3-4H2,(H,23,24)/b15-9+. The van der Waals surface area contributed by atoms with Crippen LogP contribution in [-0.2, 0) is 0 Å². The van der Waals surface area contributed by atoms with Crippen LogP contribution in [0.5, 0.6) is 0 Å². The summed E-state index contributed by atoms with van der Waals surface area (Å²) >= 11 is 6.27. The second-order valence-corrected chi connectivity index (χ2v) is 6.54. The van der Waals surface area contributed by atoms with Gasteiger partial charge in [-0.2, -0.15) is 9.49 Å². The Hall–Kier alpha value is -2.20. The van der Waals surface area contributed by atoms with E-state index in [4.69, 9.17) is 11.6 Å². The Kier molecular flexibility index (Phi) is 3.85. The molecule has 4 rings (SSSR count). The van der Waals surface area contributed by atoms with Crippen LogP contribution < -0.4 is 0 Å². The molecule has 0 radical (unpaired) electrons. The number of allylic oxidation sites excluding steroid dienone is 1. The molecule has 24 heavy (non-hydrogen) atoms.